The third-order valence-electron chi connectivity index (χ3n) is 4.45. The molecule has 27 heavy (non-hydrogen) atoms. The van der Waals surface area contributed by atoms with Crippen LogP contribution in [0.25, 0.3) is 0 Å². The molecule has 1 saturated heterocycles. The maximum absolute atomic E-state index is 13.3. The molecule has 1 aromatic carbocycles. The number of halogens is 3. The fourth-order valence-electron chi connectivity index (χ4n) is 3.31. The highest BCUT2D eigenvalue weighted by atomic mass is 35.5. The van der Waals surface area contributed by atoms with Gasteiger partial charge in [0.25, 0.3) is 12.3 Å². The predicted molar refractivity (Wildman–Crippen MR) is 97.2 cm³/mol. The average Bonchev–Trinajstić information content (AvgIpc) is 3.27. The number of hydrogen-bond acceptors (Lipinski definition) is 4. The van der Waals surface area contributed by atoms with Gasteiger partial charge in [-0.25, -0.2) is 8.78 Å². The summed E-state index contributed by atoms with van der Waals surface area (Å²) in [5, 5.41) is 8.41. The fourth-order valence-corrected chi connectivity index (χ4v) is 3.43. The summed E-state index contributed by atoms with van der Waals surface area (Å²) in [5.41, 5.74) is 0.714. The minimum absolute atomic E-state index is 0.0905. The maximum Gasteiger partial charge on any atom is 0.282 e. The Labute approximate surface area is 160 Å². The van der Waals surface area contributed by atoms with Gasteiger partial charge in [-0.2, -0.15) is 5.10 Å². The van der Waals surface area contributed by atoms with Gasteiger partial charge in [-0.15, -0.1) is 0 Å². The molecule has 1 aliphatic heterocycles. The van der Waals surface area contributed by atoms with E-state index in [4.69, 9.17) is 16.4 Å². The monoisotopic (exact) mass is 396 g/mol. The van der Waals surface area contributed by atoms with E-state index in [-0.39, 0.29) is 11.6 Å². The van der Waals surface area contributed by atoms with E-state index in [1.807, 2.05) is 0 Å². The lowest BCUT2D eigenvalue weighted by Crippen LogP contribution is -2.41. The van der Waals surface area contributed by atoms with E-state index >= 15 is 0 Å². The number of amides is 1. The van der Waals surface area contributed by atoms with E-state index in [1.54, 1.807) is 29.2 Å². The molecule has 0 N–H and O–H groups in total. The van der Waals surface area contributed by atoms with Crippen molar-refractivity contribution in [1.29, 1.82) is 0 Å². The van der Waals surface area contributed by atoms with Crippen molar-refractivity contribution in [3.63, 3.8) is 0 Å². The third kappa shape index (κ3) is 3.95. The largest absolute Gasteiger partial charge is 0.399 e. The Morgan fingerprint density at radius 1 is 1.37 bits per heavy atom. The molecule has 3 rings (SSSR count). The summed E-state index contributed by atoms with van der Waals surface area (Å²) in [4.78, 5) is 19.5. The first-order valence-corrected chi connectivity index (χ1v) is 8.79. The van der Waals surface area contributed by atoms with E-state index in [2.05, 4.69) is 10.3 Å². The Kier molecular flexibility index (Phi) is 5.74. The standard InChI is InChI=1S/C18H19ClF2N4O2/c1-24-10-13(16(22-24)17(20)21)18(26)25-9-3-4-14(25)15(23-27-2)11-5-7-12(19)8-6-11/h5-8,10,14,17H,3-4,9H2,1-2H3/t14-/m0/s1. The van der Waals surface area contributed by atoms with E-state index in [0.717, 1.165) is 12.0 Å². The number of rotatable bonds is 5. The van der Waals surface area contributed by atoms with Gasteiger partial charge in [-0.3, -0.25) is 9.48 Å². The number of oxime groups is 1. The molecule has 144 valence electrons. The second-order valence-electron chi connectivity index (χ2n) is 6.22. The normalized spacial score (nSPS) is 17.6. The zero-order valence-corrected chi connectivity index (χ0v) is 15.7. The first-order valence-electron chi connectivity index (χ1n) is 8.42. The molecule has 9 heteroatoms. The molecule has 6 nitrogen and oxygen atoms in total. The Morgan fingerprint density at radius 2 is 2.07 bits per heavy atom. The summed E-state index contributed by atoms with van der Waals surface area (Å²) in [6, 6.07) is 6.63. The summed E-state index contributed by atoms with van der Waals surface area (Å²) in [6.45, 7) is 0.442. The van der Waals surface area contributed by atoms with Crippen molar-refractivity contribution in [1.82, 2.24) is 14.7 Å². The lowest BCUT2D eigenvalue weighted by Gasteiger charge is -2.25. The summed E-state index contributed by atoms with van der Waals surface area (Å²) >= 11 is 5.95. The van der Waals surface area contributed by atoms with Crippen LogP contribution < -0.4 is 0 Å². The van der Waals surface area contributed by atoms with Crippen LogP contribution in [0.5, 0.6) is 0 Å². The molecule has 2 aromatic rings. The van der Waals surface area contributed by atoms with Crippen molar-refractivity contribution >= 4 is 23.2 Å². The van der Waals surface area contributed by atoms with Crippen molar-refractivity contribution in [2.75, 3.05) is 13.7 Å². The Hall–Kier alpha value is -2.48. The fraction of sp³-hybridized carbons (Fsp3) is 0.389. The van der Waals surface area contributed by atoms with Crippen LogP contribution in [0.2, 0.25) is 5.02 Å². The number of likely N-dealkylation sites (tertiary alicyclic amines) is 1. The molecule has 1 aromatic heterocycles. The molecular formula is C18H19ClF2N4O2. The van der Waals surface area contributed by atoms with Crippen molar-refractivity contribution in [3.05, 3.63) is 52.3 Å². The molecular weight excluding hydrogens is 378 g/mol. The second-order valence-corrected chi connectivity index (χ2v) is 6.66. The van der Waals surface area contributed by atoms with Gasteiger partial charge in [0.2, 0.25) is 0 Å². The van der Waals surface area contributed by atoms with Gasteiger partial charge in [-0.05, 0) is 25.0 Å². The first kappa shape index (κ1) is 19.3. The van der Waals surface area contributed by atoms with Crippen molar-refractivity contribution in [2.24, 2.45) is 12.2 Å². The number of carbonyl (C=O) groups is 1. The van der Waals surface area contributed by atoms with Crippen LogP contribution >= 0.6 is 11.6 Å². The van der Waals surface area contributed by atoms with Gasteiger partial charge in [0.15, 0.2) is 0 Å². The molecule has 0 saturated carbocycles. The number of aromatic nitrogens is 2. The van der Waals surface area contributed by atoms with E-state index in [9.17, 15) is 13.6 Å². The number of benzene rings is 1. The highest BCUT2D eigenvalue weighted by Gasteiger charge is 2.36. The van der Waals surface area contributed by atoms with Crippen molar-refractivity contribution in [3.8, 4) is 0 Å². The van der Waals surface area contributed by atoms with Crippen LogP contribution in [-0.4, -0.2) is 46.0 Å². The van der Waals surface area contributed by atoms with E-state index in [0.29, 0.717) is 23.7 Å². The Balaban J connectivity index is 1.95. The predicted octanol–water partition coefficient (Wildman–Crippen LogP) is 3.67. The van der Waals surface area contributed by atoms with Crippen LogP contribution in [0.15, 0.2) is 35.6 Å². The summed E-state index contributed by atoms with van der Waals surface area (Å²) in [5.74, 6) is -0.487. The zero-order valence-electron chi connectivity index (χ0n) is 14.9. The minimum Gasteiger partial charge on any atom is -0.399 e. The quantitative estimate of drug-likeness (QED) is 0.572. The van der Waals surface area contributed by atoms with E-state index < -0.39 is 18.0 Å². The lowest BCUT2D eigenvalue weighted by molar-refractivity contribution is 0.0755. The molecule has 1 aliphatic rings. The van der Waals surface area contributed by atoms with Crippen molar-refractivity contribution < 1.29 is 18.4 Å². The summed E-state index contributed by atoms with van der Waals surface area (Å²) < 4.78 is 27.8. The van der Waals surface area contributed by atoms with Gasteiger partial charge >= 0.3 is 0 Å². The van der Waals surface area contributed by atoms with Gasteiger partial charge in [0.1, 0.15) is 18.5 Å². The van der Waals surface area contributed by atoms with Gasteiger partial charge in [0, 0.05) is 30.4 Å². The first-order chi connectivity index (χ1) is 12.9. The number of aryl methyl sites for hydroxylation is 1. The van der Waals surface area contributed by atoms with Crippen LogP contribution in [-0.2, 0) is 11.9 Å². The topological polar surface area (TPSA) is 59.7 Å². The van der Waals surface area contributed by atoms with Crippen LogP contribution in [0.1, 0.15) is 40.9 Å². The SMILES string of the molecule is CON=C(c1ccc(Cl)cc1)[C@@H]1CCCN1C(=O)c1cn(C)nc1C(F)F. The molecule has 0 spiro atoms. The highest BCUT2D eigenvalue weighted by molar-refractivity contribution is 6.30. The van der Waals surface area contributed by atoms with Gasteiger partial charge in [-0.1, -0.05) is 28.9 Å². The third-order valence-corrected chi connectivity index (χ3v) is 4.71. The zero-order chi connectivity index (χ0) is 19.6. The number of hydrogen-bond donors (Lipinski definition) is 0. The number of alkyl halides is 2. The van der Waals surface area contributed by atoms with Crippen LogP contribution in [0.3, 0.4) is 0 Å². The molecule has 1 amide bonds. The maximum atomic E-state index is 13.3. The molecule has 0 aliphatic carbocycles. The smallest absolute Gasteiger partial charge is 0.282 e. The molecule has 1 atom stereocenters. The molecule has 1 fully saturated rings. The average molecular weight is 397 g/mol. The number of carbonyl (C=O) groups excluding carboxylic acids is 1. The second kappa shape index (κ2) is 8.04. The molecule has 0 unspecified atom stereocenters. The van der Waals surface area contributed by atoms with Gasteiger partial charge in [0.05, 0.1) is 11.6 Å². The van der Waals surface area contributed by atoms with Crippen LogP contribution in [0.4, 0.5) is 8.78 Å². The van der Waals surface area contributed by atoms with Gasteiger partial charge < -0.3 is 9.74 Å². The van der Waals surface area contributed by atoms with Crippen LogP contribution in [0, 0.1) is 0 Å². The number of nitrogens with zero attached hydrogens (tertiary/aromatic N) is 4. The Bertz CT molecular complexity index is 852. The van der Waals surface area contributed by atoms with Crippen molar-refractivity contribution in [2.45, 2.75) is 25.3 Å². The summed E-state index contributed by atoms with van der Waals surface area (Å²) in [6.07, 6.45) is -0.110. The highest BCUT2D eigenvalue weighted by Crippen LogP contribution is 2.28. The molecule has 0 bridgehead atoms. The molecule has 0 radical (unpaired) electrons. The van der Waals surface area contributed by atoms with E-state index in [1.165, 1.54) is 25.0 Å². The lowest BCUT2D eigenvalue weighted by atomic mass is 10.0. The Morgan fingerprint density at radius 3 is 2.70 bits per heavy atom. The molecule has 2 heterocycles. The summed E-state index contributed by atoms with van der Waals surface area (Å²) in [7, 11) is 2.93. The minimum atomic E-state index is -2.82.